The quantitative estimate of drug-likeness (QED) is 0.380. The van der Waals surface area contributed by atoms with Crippen molar-refractivity contribution in [3.63, 3.8) is 0 Å². The first-order valence-electron chi connectivity index (χ1n) is 6.66. The lowest BCUT2D eigenvalue weighted by Gasteiger charge is -2.12. The van der Waals surface area contributed by atoms with Crippen LogP contribution in [-0.4, -0.2) is 12.5 Å². The Balaban J connectivity index is 2.20. The fourth-order valence-electron chi connectivity index (χ4n) is 2.96. The second-order valence-corrected chi connectivity index (χ2v) is 6.89. The summed E-state index contributed by atoms with van der Waals surface area (Å²) in [7, 11) is 0. The minimum absolute atomic E-state index is 0.0683. The molecule has 0 atom stereocenters. The Morgan fingerprint density at radius 3 is 2.00 bits per heavy atom. The highest BCUT2D eigenvalue weighted by Gasteiger charge is 2.14. The highest BCUT2D eigenvalue weighted by Crippen LogP contribution is 2.38. The minimum Gasteiger partial charge on any atom is -0.286 e. The van der Waals surface area contributed by atoms with Crippen LogP contribution in [0.2, 0.25) is 0 Å². The minimum atomic E-state index is -0.0683. The van der Waals surface area contributed by atoms with Gasteiger partial charge in [-0.3, -0.25) is 4.18 Å². The van der Waals surface area contributed by atoms with Gasteiger partial charge >= 0.3 is 0 Å². The van der Waals surface area contributed by atoms with Gasteiger partial charge < -0.3 is 0 Å². The van der Waals surface area contributed by atoms with Gasteiger partial charge in [0.15, 0.2) is 16.9 Å². The third-order valence-electron chi connectivity index (χ3n) is 3.75. The van der Waals surface area contributed by atoms with Crippen molar-refractivity contribution in [2.75, 3.05) is 12.5 Å². The molecule has 0 aromatic heterocycles. The average molecular weight is 279 g/mol. The van der Waals surface area contributed by atoms with Gasteiger partial charge in [-0.25, -0.2) is 0 Å². The molecule has 0 amide bonds. The molecule has 0 N–H and O–H groups in total. The lowest BCUT2D eigenvalue weighted by molar-refractivity contribution is 0.643. The summed E-state index contributed by atoms with van der Waals surface area (Å²) in [5, 5.41) is 7.76. The molecule has 0 bridgehead atoms. The molecule has 1 nitrogen and oxygen atoms in total. The number of hydrogen-bond donors (Lipinski definition) is 0. The first kappa shape index (κ1) is 11.9. The Morgan fingerprint density at radius 1 is 0.700 bits per heavy atom. The molecule has 98 valence electrons. The van der Waals surface area contributed by atoms with E-state index in [1.54, 1.807) is 0 Å². The van der Waals surface area contributed by atoms with Gasteiger partial charge in [0.1, 0.15) is 12.5 Å². The van der Waals surface area contributed by atoms with Gasteiger partial charge in [-0.15, -0.1) is 0 Å². The number of rotatable bonds is 2. The summed E-state index contributed by atoms with van der Waals surface area (Å²) in [6.45, 7) is 0. The van der Waals surface area contributed by atoms with Crippen molar-refractivity contribution in [1.29, 1.82) is 0 Å². The van der Waals surface area contributed by atoms with E-state index >= 15 is 0 Å². The molecule has 0 radical (unpaired) electrons. The Bertz CT molecular complexity index is 895. The highest BCUT2D eigenvalue weighted by molar-refractivity contribution is 7.91. The van der Waals surface area contributed by atoms with E-state index in [1.807, 2.05) is 0 Å². The Morgan fingerprint density at radius 2 is 1.30 bits per heavy atom. The fourth-order valence-corrected chi connectivity index (χ4v) is 3.47. The second kappa shape index (κ2) is 4.29. The molecule has 20 heavy (non-hydrogen) atoms. The maximum absolute atomic E-state index is 6.00. The third kappa shape index (κ3) is 1.65. The topological polar surface area (TPSA) is 9.23 Å². The van der Waals surface area contributed by atoms with E-state index in [1.165, 1.54) is 32.3 Å². The molecular weight excluding hydrogens is 264 g/mol. The predicted octanol–water partition coefficient (Wildman–Crippen LogP) is 4.76. The molecule has 0 fully saturated rings. The van der Waals surface area contributed by atoms with Crippen LogP contribution in [0.25, 0.3) is 32.3 Å². The van der Waals surface area contributed by atoms with Gasteiger partial charge in [0.05, 0.1) is 0 Å². The molecule has 0 heterocycles. The van der Waals surface area contributed by atoms with Crippen LogP contribution in [0.15, 0.2) is 54.6 Å². The van der Waals surface area contributed by atoms with Crippen LogP contribution in [0.4, 0.5) is 0 Å². The summed E-state index contributed by atoms with van der Waals surface area (Å²) in [6.07, 6.45) is 4.19. The molecule has 0 saturated carbocycles. The van der Waals surface area contributed by atoms with Crippen molar-refractivity contribution in [3.05, 3.63) is 54.6 Å². The van der Waals surface area contributed by atoms with Gasteiger partial charge in [0.2, 0.25) is 0 Å². The molecular formula is C18H15OS+. The first-order valence-corrected chi connectivity index (χ1v) is 8.63. The van der Waals surface area contributed by atoms with Crippen LogP contribution in [0.1, 0.15) is 0 Å². The van der Waals surface area contributed by atoms with Crippen LogP contribution in [0.3, 0.4) is 0 Å². The average Bonchev–Trinajstić information content (AvgIpc) is 2.46. The van der Waals surface area contributed by atoms with Gasteiger partial charge in [-0.1, -0.05) is 42.5 Å². The fraction of sp³-hybridized carbons (Fsp3) is 0.111. The molecule has 4 aromatic carbocycles. The molecule has 0 unspecified atom stereocenters. The van der Waals surface area contributed by atoms with E-state index in [2.05, 4.69) is 67.1 Å². The number of benzene rings is 4. The van der Waals surface area contributed by atoms with Crippen LogP contribution < -0.4 is 4.18 Å². The lowest BCUT2D eigenvalue weighted by Crippen LogP contribution is -2.04. The third-order valence-corrected chi connectivity index (χ3v) is 4.26. The van der Waals surface area contributed by atoms with E-state index in [4.69, 9.17) is 4.18 Å². The van der Waals surface area contributed by atoms with Gasteiger partial charge in [0, 0.05) is 10.8 Å². The molecule has 0 saturated heterocycles. The summed E-state index contributed by atoms with van der Waals surface area (Å²) in [5.41, 5.74) is 0. The van der Waals surface area contributed by atoms with E-state index in [-0.39, 0.29) is 11.2 Å². The zero-order valence-electron chi connectivity index (χ0n) is 11.5. The zero-order valence-corrected chi connectivity index (χ0v) is 12.3. The van der Waals surface area contributed by atoms with Gasteiger partial charge in [-0.05, 0) is 33.7 Å². The molecule has 0 spiro atoms. The van der Waals surface area contributed by atoms with Crippen molar-refractivity contribution in [2.24, 2.45) is 0 Å². The molecule has 4 aromatic rings. The van der Waals surface area contributed by atoms with E-state index < -0.39 is 0 Å². The van der Waals surface area contributed by atoms with Crippen molar-refractivity contribution >= 4 is 43.5 Å². The van der Waals surface area contributed by atoms with Crippen LogP contribution in [0, 0.1) is 0 Å². The summed E-state index contributed by atoms with van der Waals surface area (Å²) < 4.78 is 6.00. The molecule has 0 aliphatic rings. The van der Waals surface area contributed by atoms with Crippen LogP contribution >= 0.6 is 0 Å². The molecule has 0 aliphatic heterocycles. The maximum Gasteiger partial charge on any atom is 0.195 e. The Labute approximate surface area is 121 Å². The van der Waals surface area contributed by atoms with Gasteiger partial charge in [0.25, 0.3) is 0 Å². The first-order chi connectivity index (χ1) is 9.74. The predicted molar refractivity (Wildman–Crippen MR) is 90.0 cm³/mol. The van der Waals surface area contributed by atoms with E-state index in [0.29, 0.717) is 0 Å². The standard InChI is InChI=1S/C18H15OS/c1-20(2)19-16-11-9-14-7-6-12-4-3-5-13-8-10-15(16)18(14)17(12)13/h3-11H,1-2H3/q+1. The zero-order chi connectivity index (χ0) is 13.7. The molecule has 2 heteroatoms. The normalized spacial score (nSPS) is 11.9. The molecule has 0 aliphatic carbocycles. The van der Waals surface area contributed by atoms with Crippen molar-refractivity contribution in [1.82, 2.24) is 0 Å². The SMILES string of the molecule is C[S+](C)Oc1ccc2ccc3cccc4ccc1c2c34. The summed E-state index contributed by atoms with van der Waals surface area (Å²) in [4.78, 5) is 0. The number of hydrogen-bond acceptors (Lipinski definition) is 1. The van der Waals surface area contributed by atoms with Crippen LogP contribution in [0.5, 0.6) is 5.75 Å². The van der Waals surface area contributed by atoms with Crippen molar-refractivity contribution in [3.8, 4) is 5.75 Å². The Hall–Kier alpha value is -1.93. The van der Waals surface area contributed by atoms with E-state index in [9.17, 15) is 0 Å². The summed E-state index contributed by atoms with van der Waals surface area (Å²) in [5.74, 6) is 0.990. The monoisotopic (exact) mass is 279 g/mol. The highest BCUT2D eigenvalue weighted by atomic mass is 32.2. The summed E-state index contributed by atoms with van der Waals surface area (Å²) in [6, 6.07) is 19.5. The lowest BCUT2D eigenvalue weighted by atomic mass is 9.94. The maximum atomic E-state index is 6.00. The molecule has 4 rings (SSSR count). The second-order valence-electron chi connectivity index (χ2n) is 5.24. The summed E-state index contributed by atoms with van der Waals surface area (Å²) >= 11 is -0.0683. The Kier molecular flexibility index (Phi) is 2.54. The van der Waals surface area contributed by atoms with Gasteiger partial charge in [-0.2, -0.15) is 0 Å². The smallest absolute Gasteiger partial charge is 0.195 e. The van der Waals surface area contributed by atoms with Crippen molar-refractivity contribution < 1.29 is 4.18 Å². The van der Waals surface area contributed by atoms with Crippen molar-refractivity contribution in [2.45, 2.75) is 0 Å². The van der Waals surface area contributed by atoms with Crippen LogP contribution in [-0.2, 0) is 11.2 Å². The van der Waals surface area contributed by atoms with E-state index in [0.717, 1.165) is 5.75 Å². The largest absolute Gasteiger partial charge is 0.286 e.